The van der Waals surface area contributed by atoms with Gasteiger partial charge in [0.05, 0.1) is 18.8 Å². The van der Waals surface area contributed by atoms with Crippen LogP contribution in [-0.2, 0) is 65.6 Å². The minimum Gasteiger partial charge on any atom is -0.508 e. The molecule has 83 heavy (non-hydrogen) atoms. The van der Waals surface area contributed by atoms with Gasteiger partial charge in [0.15, 0.2) is 0 Å². The summed E-state index contributed by atoms with van der Waals surface area (Å²) < 4.78 is 0. The fraction of sp³-hybridized carbons (Fsp3) is 0.574. The van der Waals surface area contributed by atoms with E-state index in [0.29, 0.717) is 36.8 Å². The van der Waals surface area contributed by atoms with Gasteiger partial charge in [-0.2, -0.15) is 25.3 Å². The molecule has 2 aromatic rings. The molecule has 0 aliphatic carbocycles. The van der Waals surface area contributed by atoms with Gasteiger partial charge in [0, 0.05) is 30.9 Å². The van der Waals surface area contributed by atoms with E-state index in [1.165, 1.54) is 49.9 Å². The Bertz CT molecular complexity index is 2530. The van der Waals surface area contributed by atoms with Crippen LogP contribution in [0.15, 0.2) is 54.6 Å². The highest BCUT2D eigenvalue weighted by Crippen LogP contribution is 2.22. The van der Waals surface area contributed by atoms with E-state index < -0.39 is 150 Å². The molecule has 0 unspecified atom stereocenters. The number of aliphatic hydroxyl groups is 2. The number of unbranched alkanes of at least 4 members (excludes halogenated alkanes) is 1. The van der Waals surface area contributed by atoms with Crippen LogP contribution in [0, 0.1) is 5.92 Å². The molecule has 13 atom stereocenters. The zero-order valence-electron chi connectivity index (χ0n) is 47.2. The minimum atomic E-state index is -1.74. The number of carboxylic acids is 1. The van der Waals surface area contributed by atoms with Gasteiger partial charge >= 0.3 is 5.97 Å². The first-order valence-corrected chi connectivity index (χ1v) is 28.6. The van der Waals surface area contributed by atoms with Crippen LogP contribution in [0.5, 0.6) is 5.75 Å². The number of carbonyl (C=O) groups is 11. The van der Waals surface area contributed by atoms with Gasteiger partial charge < -0.3 is 84.6 Å². The largest absolute Gasteiger partial charge is 0.508 e. The Morgan fingerprint density at radius 1 is 0.614 bits per heavy atom. The topological polar surface area (TPSA) is 432 Å². The number of phenols is 1. The van der Waals surface area contributed by atoms with E-state index in [1.54, 1.807) is 44.2 Å². The molecule has 1 fully saturated rings. The number of carboxylic acid groups (broad SMARTS) is 1. The third-order valence-electron chi connectivity index (χ3n) is 13.8. The third kappa shape index (κ3) is 22.2. The van der Waals surface area contributed by atoms with Crippen molar-refractivity contribution in [3.05, 3.63) is 65.7 Å². The van der Waals surface area contributed by atoms with Gasteiger partial charge in [-0.15, -0.1) is 0 Å². The number of amides is 10. The lowest BCUT2D eigenvalue weighted by atomic mass is 9.96. The second-order valence-corrected chi connectivity index (χ2v) is 21.1. The van der Waals surface area contributed by atoms with Gasteiger partial charge in [0.1, 0.15) is 66.2 Å². The highest BCUT2D eigenvalue weighted by Gasteiger charge is 2.42. The number of phenolic OH excluding ortho intramolecular Hbond substituents is 1. The van der Waals surface area contributed by atoms with E-state index >= 15 is 0 Å². The summed E-state index contributed by atoms with van der Waals surface area (Å²) in [5, 5.41) is 63.2. The quantitative estimate of drug-likeness (QED) is 0.0238. The average Bonchev–Trinajstić information content (AvgIpc) is 3.98. The minimum absolute atomic E-state index is 0.0392. The molecule has 0 bridgehead atoms. The molecule has 27 nitrogen and oxygen atoms in total. The Hall–Kier alpha value is -7.05. The molecular formula is C54H82N12O15S2. The van der Waals surface area contributed by atoms with Crippen molar-refractivity contribution in [2.75, 3.05) is 31.2 Å². The van der Waals surface area contributed by atoms with Gasteiger partial charge in [0.25, 0.3) is 0 Å². The smallest absolute Gasteiger partial charge is 0.326 e. The molecule has 1 aliphatic heterocycles. The predicted octanol–water partition coefficient (Wildman–Crippen LogP) is -3.61. The molecule has 1 aliphatic rings. The van der Waals surface area contributed by atoms with E-state index in [1.807, 2.05) is 0 Å². The lowest BCUT2D eigenvalue weighted by Gasteiger charge is -2.32. The van der Waals surface area contributed by atoms with Crippen molar-refractivity contribution >= 4 is 90.3 Å². The lowest BCUT2D eigenvalue weighted by molar-refractivity contribution is -0.143. The van der Waals surface area contributed by atoms with Crippen molar-refractivity contribution in [1.29, 1.82) is 0 Å². The van der Waals surface area contributed by atoms with Crippen LogP contribution in [0.2, 0.25) is 0 Å². The zero-order chi connectivity index (χ0) is 62.1. The molecule has 10 amide bonds. The molecule has 1 saturated heterocycles. The van der Waals surface area contributed by atoms with Gasteiger partial charge in [0.2, 0.25) is 59.1 Å². The molecule has 2 aromatic carbocycles. The summed E-state index contributed by atoms with van der Waals surface area (Å²) in [5.74, 6) is -11.1. The Balaban J connectivity index is 1.76. The predicted molar refractivity (Wildman–Crippen MR) is 310 cm³/mol. The van der Waals surface area contributed by atoms with Gasteiger partial charge in [-0.3, -0.25) is 47.9 Å². The van der Waals surface area contributed by atoms with Crippen molar-refractivity contribution in [2.24, 2.45) is 17.4 Å². The summed E-state index contributed by atoms with van der Waals surface area (Å²) >= 11 is 8.30. The summed E-state index contributed by atoms with van der Waals surface area (Å²) in [6.45, 7) is 6.64. The van der Waals surface area contributed by atoms with Crippen LogP contribution in [-0.4, -0.2) is 194 Å². The number of hydrogen-bond acceptors (Lipinski definition) is 18. The maximum Gasteiger partial charge on any atom is 0.326 e. The molecule has 1 heterocycles. The number of aromatic hydroxyl groups is 1. The third-order valence-corrected chi connectivity index (χ3v) is 14.5. The maximum absolute atomic E-state index is 14.5. The summed E-state index contributed by atoms with van der Waals surface area (Å²) in [6, 6.07) is -0.842. The van der Waals surface area contributed by atoms with Gasteiger partial charge in [-0.25, -0.2) is 4.79 Å². The Morgan fingerprint density at radius 3 is 1.66 bits per heavy atom. The zero-order valence-corrected chi connectivity index (χ0v) is 49.0. The number of hydrogen-bond donors (Lipinski definition) is 17. The molecule has 3 rings (SSSR count). The lowest BCUT2D eigenvalue weighted by Crippen LogP contribution is -2.62. The molecule has 0 aromatic heterocycles. The second-order valence-electron chi connectivity index (χ2n) is 20.4. The average molecular weight is 1200 g/mol. The number of thiol groups is 2. The molecular weight excluding hydrogens is 1120 g/mol. The van der Waals surface area contributed by atoms with Crippen molar-refractivity contribution < 1.29 is 73.2 Å². The molecule has 0 saturated carbocycles. The van der Waals surface area contributed by atoms with Crippen LogP contribution >= 0.6 is 25.3 Å². The summed E-state index contributed by atoms with van der Waals surface area (Å²) in [4.78, 5) is 150. The Kier molecular flexibility index (Phi) is 29.8. The van der Waals surface area contributed by atoms with E-state index in [2.05, 4.69) is 73.1 Å². The van der Waals surface area contributed by atoms with E-state index in [4.69, 9.17) is 11.5 Å². The van der Waals surface area contributed by atoms with E-state index in [0.717, 1.165) is 0 Å². The van der Waals surface area contributed by atoms with Crippen molar-refractivity contribution in [1.82, 2.24) is 52.8 Å². The molecule has 0 radical (unpaired) electrons. The number of aliphatic carboxylic acids is 1. The number of benzene rings is 2. The summed E-state index contributed by atoms with van der Waals surface area (Å²) in [7, 11) is 0. The summed E-state index contributed by atoms with van der Waals surface area (Å²) in [5.41, 5.74) is 12.3. The van der Waals surface area contributed by atoms with Crippen LogP contribution in [0.25, 0.3) is 0 Å². The molecule has 17 N–H and O–H groups in total. The molecule has 0 spiro atoms. The van der Waals surface area contributed by atoms with Crippen molar-refractivity contribution in [3.8, 4) is 5.75 Å². The van der Waals surface area contributed by atoms with Crippen LogP contribution in [0.4, 0.5) is 0 Å². The number of nitrogens with one attached hydrogen (secondary N) is 9. The first kappa shape index (κ1) is 70.2. The highest BCUT2D eigenvalue weighted by molar-refractivity contribution is 7.80. The van der Waals surface area contributed by atoms with Gasteiger partial charge in [-0.1, -0.05) is 62.7 Å². The van der Waals surface area contributed by atoms with Crippen LogP contribution < -0.4 is 59.3 Å². The van der Waals surface area contributed by atoms with Crippen molar-refractivity contribution in [3.63, 3.8) is 0 Å². The normalized spacial score (nSPS) is 17.3. The summed E-state index contributed by atoms with van der Waals surface area (Å²) in [6.07, 6.45) is -0.170. The number of rotatable bonds is 34. The number of nitrogens with zero attached hydrogens (tertiary/aromatic N) is 1. The maximum atomic E-state index is 14.5. The standard InChI is InChI=1S/C54H82N12O15S2/c1-6-28(2)42(64-48(74)38(25-67)61-47(73)36(23-33-17-19-34(69)20-18-33)59-52(78)43(31(5)68)65-50(76)40(27-83)62-44(70)29(3)56)53(79)66-22-12-16-41(66)51(77)57-30(4)45(71)58-35(15-10-11-21-55)46(72)63-39(26-82)49(75)60-37(54(80)81)24-32-13-8-7-9-14-32/h7-9,13-14,17-20,28-31,35-43,67-69,82-83H,6,10-12,15-16,21-27,55-56H2,1-5H3,(H,57,77)(H,58,71)(H,59,78)(H,60,75)(H,61,73)(H,62,70)(H,63,72)(H,64,74)(H,65,76)(H,80,81)/t28-,29-,30-,31+,35-,36-,37-,38-,39-,40-,41-,42-,43-/m0/s1. The van der Waals surface area contributed by atoms with Crippen LogP contribution in [0.3, 0.4) is 0 Å². The van der Waals surface area contributed by atoms with E-state index in [9.17, 15) is 73.2 Å². The molecule has 29 heteroatoms. The van der Waals surface area contributed by atoms with Gasteiger partial charge in [-0.05, 0) is 88.6 Å². The number of likely N-dealkylation sites (tertiary alicyclic amines) is 1. The first-order chi connectivity index (χ1) is 39.3. The first-order valence-electron chi connectivity index (χ1n) is 27.4. The fourth-order valence-electron chi connectivity index (χ4n) is 8.60. The Labute approximate surface area is 492 Å². The fourth-order valence-corrected chi connectivity index (χ4v) is 9.12. The van der Waals surface area contributed by atoms with Crippen molar-refractivity contribution in [2.45, 2.75) is 159 Å². The number of aliphatic hydroxyl groups excluding tert-OH is 2. The Morgan fingerprint density at radius 2 is 1.11 bits per heavy atom. The molecule has 460 valence electrons. The second kappa shape index (κ2) is 35.2. The SMILES string of the molecule is CC[C@H](C)[C@H](NC(=O)[C@H](CO)NC(=O)[C@H](Cc1ccc(O)cc1)NC(=O)[C@@H](NC(=O)[C@H](CS)NC(=O)[C@H](C)N)[C@@H](C)O)C(=O)N1CCC[C@H]1C(=O)N[C@@H](C)C(=O)N[C@@H](CCCCN)C(=O)N[C@@H](CS)C(=O)N[C@@H](Cc1ccccc1)C(=O)O. The monoisotopic (exact) mass is 1200 g/mol. The highest BCUT2D eigenvalue weighted by atomic mass is 32.1. The van der Waals surface area contributed by atoms with E-state index in [-0.39, 0.29) is 56.0 Å². The number of carbonyl (C=O) groups excluding carboxylic acids is 10. The number of nitrogens with two attached hydrogens (primary N) is 2. The van der Waals surface area contributed by atoms with Crippen LogP contribution in [0.1, 0.15) is 84.3 Å².